The maximum atomic E-state index is 13.4. The Morgan fingerprint density at radius 2 is 1.66 bits per heavy atom. The molecule has 5 heteroatoms. The SMILES string of the molecule is C=C(NCc1ccc(OC(C)C)cc1)N(Cc1ccc(F)cc1)[C@@H]1C[C@@H]2CN(C)C[C@@H]2C1. The van der Waals surface area contributed by atoms with Gasteiger partial charge in [-0.2, -0.15) is 0 Å². The summed E-state index contributed by atoms with van der Waals surface area (Å²) in [6.45, 7) is 12.3. The molecule has 1 aliphatic carbocycles. The Bertz CT molecular complexity index is 882. The normalized spacial score (nSPS) is 22.7. The van der Waals surface area contributed by atoms with Crippen LogP contribution < -0.4 is 10.1 Å². The van der Waals surface area contributed by atoms with Crippen LogP contribution >= 0.6 is 0 Å². The number of nitrogens with zero attached hydrogens (tertiary/aromatic N) is 2. The van der Waals surface area contributed by atoms with Crippen LogP contribution in [-0.4, -0.2) is 42.1 Å². The Morgan fingerprint density at radius 3 is 2.25 bits per heavy atom. The van der Waals surface area contributed by atoms with Crippen molar-refractivity contribution in [2.24, 2.45) is 11.8 Å². The van der Waals surface area contributed by atoms with Gasteiger partial charge in [0.25, 0.3) is 0 Å². The minimum atomic E-state index is -0.194. The molecule has 2 aliphatic rings. The summed E-state index contributed by atoms with van der Waals surface area (Å²) in [6.07, 6.45) is 2.56. The Kier molecular flexibility index (Phi) is 7.04. The highest BCUT2D eigenvalue weighted by Crippen LogP contribution is 2.40. The number of ether oxygens (including phenoxy) is 1. The highest BCUT2D eigenvalue weighted by molar-refractivity contribution is 5.27. The van der Waals surface area contributed by atoms with Gasteiger partial charge < -0.3 is 19.9 Å². The summed E-state index contributed by atoms with van der Waals surface area (Å²) in [5.41, 5.74) is 2.30. The largest absolute Gasteiger partial charge is 0.491 e. The van der Waals surface area contributed by atoms with Crippen molar-refractivity contribution in [1.82, 2.24) is 15.1 Å². The summed E-state index contributed by atoms with van der Waals surface area (Å²) in [7, 11) is 2.22. The second-order valence-electron chi connectivity index (χ2n) is 9.73. The van der Waals surface area contributed by atoms with Crippen LogP contribution in [0.4, 0.5) is 4.39 Å². The van der Waals surface area contributed by atoms with Crippen molar-refractivity contribution in [2.45, 2.75) is 51.9 Å². The molecule has 1 N–H and O–H groups in total. The van der Waals surface area contributed by atoms with E-state index in [9.17, 15) is 4.39 Å². The first-order chi connectivity index (χ1) is 15.4. The first kappa shape index (κ1) is 22.7. The molecule has 32 heavy (non-hydrogen) atoms. The molecule has 172 valence electrons. The fourth-order valence-corrected chi connectivity index (χ4v) is 5.25. The number of halogens is 1. The third kappa shape index (κ3) is 5.63. The molecule has 1 aliphatic heterocycles. The lowest BCUT2D eigenvalue weighted by Gasteiger charge is -2.34. The molecule has 0 amide bonds. The van der Waals surface area contributed by atoms with Gasteiger partial charge in [-0.3, -0.25) is 0 Å². The first-order valence-corrected chi connectivity index (χ1v) is 11.8. The molecule has 2 fully saturated rings. The van der Waals surface area contributed by atoms with E-state index in [1.54, 1.807) is 12.1 Å². The maximum absolute atomic E-state index is 13.4. The smallest absolute Gasteiger partial charge is 0.123 e. The second-order valence-corrected chi connectivity index (χ2v) is 9.73. The van der Waals surface area contributed by atoms with Crippen molar-refractivity contribution in [1.29, 1.82) is 0 Å². The molecule has 0 spiro atoms. The van der Waals surface area contributed by atoms with Gasteiger partial charge in [-0.05, 0) is 81.0 Å². The van der Waals surface area contributed by atoms with Gasteiger partial charge in [0, 0.05) is 32.2 Å². The molecular weight excluding hydrogens is 401 g/mol. The van der Waals surface area contributed by atoms with Crippen LogP contribution in [0, 0.1) is 17.7 Å². The van der Waals surface area contributed by atoms with Gasteiger partial charge in [0.2, 0.25) is 0 Å². The van der Waals surface area contributed by atoms with E-state index in [0.717, 1.165) is 35.5 Å². The molecule has 3 atom stereocenters. The maximum Gasteiger partial charge on any atom is 0.123 e. The zero-order valence-electron chi connectivity index (χ0n) is 19.6. The monoisotopic (exact) mass is 437 g/mol. The van der Waals surface area contributed by atoms with Crippen LogP contribution in [0.3, 0.4) is 0 Å². The molecule has 2 aromatic rings. The molecule has 2 aromatic carbocycles. The van der Waals surface area contributed by atoms with Gasteiger partial charge in [-0.15, -0.1) is 0 Å². The van der Waals surface area contributed by atoms with Gasteiger partial charge in [0.05, 0.1) is 11.9 Å². The third-order valence-electron chi connectivity index (χ3n) is 6.75. The lowest BCUT2D eigenvalue weighted by Crippen LogP contribution is -2.38. The van der Waals surface area contributed by atoms with Gasteiger partial charge in [0.1, 0.15) is 11.6 Å². The van der Waals surface area contributed by atoms with E-state index >= 15 is 0 Å². The molecule has 0 unspecified atom stereocenters. The second kappa shape index (κ2) is 9.95. The predicted octanol–water partition coefficient (Wildman–Crippen LogP) is 5.02. The summed E-state index contributed by atoms with van der Waals surface area (Å²) in [4.78, 5) is 4.86. The highest BCUT2D eigenvalue weighted by Gasteiger charge is 2.41. The van der Waals surface area contributed by atoms with E-state index in [4.69, 9.17) is 4.74 Å². The fourth-order valence-electron chi connectivity index (χ4n) is 5.25. The number of fused-ring (bicyclic) bond motifs is 1. The summed E-state index contributed by atoms with van der Waals surface area (Å²) in [6, 6.07) is 15.5. The molecular formula is C27H36FN3O. The quantitative estimate of drug-likeness (QED) is 0.596. The molecule has 0 radical (unpaired) electrons. The number of benzene rings is 2. The van der Waals surface area contributed by atoms with E-state index in [-0.39, 0.29) is 11.9 Å². The van der Waals surface area contributed by atoms with E-state index in [1.165, 1.54) is 31.5 Å². The average molecular weight is 438 g/mol. The first-order valence-electron chi connectivity index (χ1n) is 11.8. The minimum Gasteiger partial charge on any atom is -0.491 e. The van der Waals surface area contributed by atoms with Crippen LogP contribution in [0.15, 0.2) is 60.9 Å². The van der Waals surface area contributed by atoms with Crippen molar-refractivity contribution >= 4 is 0 Å². The topological polar surface area (TPSA) is 27.7 Å². The van der Waals surface area contributed by atoms with Crippen molar-refractivity contribution in [3.05, 3.63) is 77.9 Å². The number of hydrogen-bond donors (Lipinski definition) is 1. The van der Waals surface area contributed by atoms with E-state index < -0.39 is 0 Å². The zero-order chi connectivity index (χ0) is 22.7. The van der Waals surface area contributed by atoms with Crippen LogP contribution in [0.5, 0.6) is 5.75 Å². The third-order valence-corrected chi connectivity index (χ3v) is 6.75. The van der Waals surface area contributed by atoms with E-state index in [1.807, 2.05) is 38.1 Å². The summed E-state index contributed by atoms with van der Waals surface area (Å²) < 4.78 is 19.2. The standard InChI is InChI=1S/C27H36FN3O/c1-19(2)32-27-11-7-21(8-12-27)15-29-20(3)31(16-22-5-9-25(28)10-6-22)26-13-23-17-30(4)18-24(23)14-26/h5-12,19,23-24,26,29H,3,13-18H2,1-2,4H3/t23-,24+,26-. The predicted molar refractivity (Wildman–Crippen MR) is 128 cm³/mol. The Labute approximate surface area is 192 Å². The fraction of sp³-hybridized carbons (Fsp3) is 0.481. The molecule has 1 heterocycles. The van der Waals surface area contributed by atoms with Gasteiger partial charge in [-0.25, -0.2) is 4.39 Å². The molecule has 0 bridgehead atoms. The summed E-state index contributed by atoms with van der Waals surface area (Å²) >= 11 is 0. The van der Waals surface area contributed by atoms with Gasteiger partial charge in [0.15, 0.2) is 0 Å². The van der Waals surface area contributed by atoms with Crippen molar-refractivity contribution in [3.8, 4) is 5.75 Å². The van der Waals surface area contributed by atoms with Gasteiger partial charge >= 0.3 is 0 Å². The van der Waals surface area contributed by atoms with E-state index in [0.29, 0.717) is 12.6 Å². The Balaban J connectivity index is 1.41. The van der Waals surface area contributed by atoms with Crippen LogP contribution in [0.2, 0.25) is 0 Å². The van der Waals surface area contributed by atoms with Crippen LogP contribution in [0.1, 0.15) is 37.8 Å². The van der Waals surface area contributed by atoms with Crippen LogP contribution in [0.25, 0.3) is 0 Å². The number of nitrogens with one attached hydrogen (secondary N) is 1. The molecule has 1 saturated heterocycles. The van der Waals surface area contributed by atoms with Crippen molar-refractivity contribution in [2.75, 3.05) is 20.1 Å². The Morgan fingerprint density at radius 1 is 1.06 bits per heavy atom. The average Bonchev–Trinajstić information content (AvgIpc) is 3.29. The summed E-state index contributed by atoms with van der Waals surface area (Å²) in [5, 5.41) is 3.55. The lowest BCUT2D eigenvalue weighted by atomic mass is 10.0. The molecule has 4 rings (SSSR count). The molecule has 4 nitrogen and oxygen atoms in total. The highest BCUT2D eigenvalue weighted by atomic mass is 19.1. The molecule has 1 saturated carbocycles. The van der Waals surface area contributed by atoms with Gasteiger partial charge in [-0.1, -0.05) is 30.8 Å². The zero-order valence-corrected chi connectivity index (χ0v) is 19.6. The summed E-state index contributed by atoms with van der Waals surface area (Å²) in [5.74, 6) is 3.17. The lowest BCUT2D eigenvalue weighted by molar-refractivity contribution is 0.212. The minimum absolute atomic E-state index is 0.171. The Hall–Kier alpha value is -2.53. The molecule has 0 aromatic heterocycles. The number of hydrogen-bond acceptors (Lipinski definition) is 4. The van der Waals surface area contributed by atoms with Crippen molar-refractivity contribution in [3.63, 3.8) is 0 Å². The van der Waals surface area contributed by atoms with Crippen molar-refractivity contribution < 1.29 is 9.13 Å². The van der Waals surface area contributed by atoms with E-state index in [2.05, 4.69) is 40.9 Å². The van der Waals surface area contributed by atoms with Crippen LogP contribution in [-0.2, 0) is 13.1 Å². The number of likely N-dealkylation sites (tertiary alicyclic amines) is 1. The number of rotatable bonds is 9.